The molecule has 1 unspecified atom stereocenters. The molecule has 0 spiro atoms. The van der Waals surface area contributed by atoms with Crippen LogP contribution in [-0.2, 0) is 14.8 Å². The Morgan fingerprint density at radius 2 is 2.17 bits per heavy atom. The molecule has 0 amide bonds. The van der Waals surface area contributed by atoms with E-state index in [2.05, 4.69) is 4.72 Å². The summed E-state index contributed by atoms with van der Waals surface area (Å²) in [7, 11) is -2.13. The van der Waals surface area contributed by atoms with Gasteiger partial charge in [-0.1, -0.05) is 6.07 Å². The molecule has 7 heteroatoms. The highest BCUT2D eigenvalue weighted by Gasteiger charge is 2.15. The molecular weight excluding hydrogens is 258 g/mol. The molecule has 1 atom stereocenters. The Bertz CT molecular complexity index is 526. The third-order valence-corrected chi connectivity index (χ3v) is 3.69. The molecule has 0 radical (unpaired) electrons. The lowest BCUT2D eigenvalue weighted by Crippen LogP contribution is -2.25. The third kappa shape index (κ3) is 4.34. The summed E-state index contributed by atoms with van der Waals surface area (Å²) in [6, 6.07) is 5.61. The molecule has 0 aliphatic rings. The molecule has 100 valence electrons. The molecule has 0 bridgehead atoms. The minimum Gasteiger partial charge on any atom is -0.478 e. The highest BCUT2D eigenvalue weighted by molar-refractivity contribution is 7.92. The van der Waals surface area contributed by atoms with Crippen LogP contribution in [0.4, 0.5) is 5.69 Å². The first-order valence-corrected chi connectivity index (χ1v) is 6.86. The maximum absolute atomic E-state index is 11.7. The molecule has 0 fully saturated rings. The van der Waals surface area contributed by atoms with Gasteiger partial charge in [0, 0.05) is 12.8 Å². The summed E-state index contributed by atoms with van der Waals surface area (Å²) in [5.41, 5.74) is 0.244. The zero-order chi connectivity index (χ0) is 13.8. The van der Waals surface area contributed by atoms with Crippen LogP contribution >= 0.6 is 0 Å². The Hall–Kier alpha value is -1.60. The fraction of sp³-hybridized carbons (Fsp3) is 0.364. The molecule has 0 aromatic heterocycles. The number of anilines is 1. The standard InChI is InChI=1S/C11H15NO5S/c1-8(17-2)7-18(15,16)12-10-5-3-4-9(6-10)11(13)14/h3-6,8,12H,7H2,1-2H3,(H,13,14). The van der Waals surface area contributed by atoms with Gasteiger partial charge in [0.1, 0.15) is 0 Å². The Labute approximate surface area is 106 Å². The fourth-order valence-corrected chi connectivity index (χ4v) is 2.64. The fourth-order valence-electron chi connectivity index (χ4n) is 1.31. The van der Waals surface area contributed by atoms with Crippen LogP contribution in [0.1, 0.15) is 17.3 Å². The summed E-state index contributed by atoms with van der Waals surface area (Å²) in [6.45, 7) is 1.63. The lowest BCUT2D eigenvalue weighted by atomic mass is 10.2. The number of methoxy groups -OCH3 is 1. The first-order valence-electron chi connectivity index (χ1n) is 5.20. The molecular formula is C11H15NO5S. The van der Waals surface area contributed by atoms with Crippen molar-refractivity contribution in [2.45, 2.75) is 13.0 Å². The van der Waals surface area contributed by atoms with Gasteiger partial charge in [-0.2, -0.15) is 0 Å². The number of aromatic carboxylic acids is 1. The number of ether oxygens (including phenoxy) is 1. The molecule has 2 N–H and O–H groups in total. The van der Waals surface area contributed by atoms with Gasteiger partial charge < -0.3 is 9.84 Å². The Morgan fingerprint density at radius 1 is 1.50 bits per heavy atom. The molecule has 6 nitrogen and oxygen atoms in total. The maximum atomic E-state index is 11.7. The lowest BCUT2D eigenvalue weighted by Gasteiger charge is -2.12. The van der Waals surface area contributed by atoms with Crippen molar-refractivity contribution in [3.63, 3.8) is 0 Å². The first kappa shape index (κ1) is 14.5. The predicted octanol–water partition coefficient (Wildman–Crippen LogP) is 1.16. The van der Waals surface area contributed by atoms with E-state index in [0.29, 0.717) is 0 Å². The average molecular weight is 273 g/mol. The topological polar surface area (TPSA) is 92.7 Å². The van der Waals surface area contributed by atoms with Gasteiger partial charge in [-0.3, -0.25) is 4.72 Å². The number of sulfonamides is 1. The van der Waals surface area contributed by atoms with Gasteiger partial charge in [0.15, 0.2) is 0 Å². The van der Waals surface area contributed by atoms with E-state index in [1.54, 1.807) is 6.92 Å². The normalized spacial score (nSPS) is 13.0. The van der Waals surface area contributed by atoms with Gasteiger partial charge in [0.25, 0.3) is 0 Å². The van der Waals surface area contributed by atoms with Crippen molar-refractivity contribution < 1.29 is 23.1 Å². The van der Waals surface area contributed by atoms with Crippen molar-refractivity contribution in [3.05, 3.63) is 29.8 Å². The summed E-state index contributed by atoms with van der Waals surface area (Å²) >= 11 is 0. The number of carbonyl (C=O) groups is 1. The van der Waals surface area contributed by atoms with Crippen LogP contribution in [0.5, 0.6) is 0 Å². The number of carboxylic acid groups (broad SMARTS) is 1. The molecule has 1 aromatic rings. The van der Waals surface area contributed by atoms with Crippen LogP contribution in [-0.4, -0.2) is 38.5 Å². The number of carboxylic acids is 1. The largest absolute Gasteiger partial charge is 0.478 e. The van der Waals surface area contributed by atoms with Crippen molar-refractivity contribution in [1.82, 2.24) is 0 Å². The van der Waals surface area contributed by atoms with Crippen LogP contribution in [0.3, 0.4) is 0 Å². The van der Waals surface area contributed by atoms with Gasteiger partial charge in [-0.25, -0.2) is 13.2 Å². The van der Waals surface area contributed by atoms with E-state index in [0.717, 1.165) is 0 Å². The second-order valence-electron chi connectivity index (χ2n) is 3.82. The van der Waals surface area contributed by atoms with E-state index in [1.165, 1.54) is 31.4 Å². The van der Waals surface area contributed by atoms with Crippen molar-refractivity contribution in [2.24, 2.45) is 0 Å². The van der Waals surface area contributed by atoms with E-state index in [4.69, 9.17) is 9.84 Å². The summed E-state index contributed by atoms with van der Waals surface area (Å²) in [5.74, 6) is -1.30. The highest BCUT2D eigenvalue weighted by Crippen LogP contribution is 2.13. The van der Waals surface area contributed by atoms with E-state index >= 15 is 0 Å². The van der Waals surface area contributed by atoms with E-state index in [9.17, 15) is 13.2 Å². The molecule has 0 saturated carbocycles. The molecule has 0 heterocycles. The molecule has 0 saturated heterocycles. The summed E-state index contributed by atoms with van der Waals surface area (Å²) < 4.78 is 30.6. The summed E-state index contributed by atoms with van der Waals surface area (Å²) in [5, 5.41) is 8.79. The van der Waals surface area contributed by atoms with Crippen molar-refractivity contribution in [3.8, 4) is 0 Å². The quantitative estimate of drug-likeness (QED) is 0.811. The molecule has 1 aromatic carbocycles. The Kier molecular flexibility index (Phi) is 4.69. The van der Waals surface area contributed by atoms with Gasteiger partial charge >= 0.3 is 5.97 Å². The van der Waals surface area contributed by atoms with E-state index in [-0.39, 0.29) is 17.0 Å². The van der Waals surface area contributed by atoms with Gasteiger partial charge in [-0.15, -0.1) is 0 Å². The van der Waals surface area contributed by atoms with Gasteiger partial charge in [0.2, 0.25) is 10.0 Å². The van der Waals surface area contributed by atoms with Crippen LogP contribution in [0.2, 0.25) is 0 Å². The summed E-state index contributed by atoms with van der Waals surface area (Å²) in [4.78, 5) is 10.7. The molecule has 0 aliphatic carbocycles. The number of nitrogens with one attached hydrogen (secondary N) is 1. The van der Waals surface area contributed by atoms with Crippen LogP contribution < -0.4 is 4.72 Å². The second kappa shape index (κ2) is 5.83. The SMILES string of the molecule is COC(C)CS(=O)(=O)Nc1cccc(C(=O)O)c1. The average Bonchev–Trinajstić information content (AvgIpc) is 2.27. The van der Waals surface area contributed by atoms with E-state index in [1.807, 2.05) is 0 Å². The predicted molar refractivity (Wildman–Crippen MR) is 67.3 cm³/mol. The Balaban J connectivity index is 2.84. The van der Waals surface area contributed by atoms with Gasteiger partial charge in [-0.05, 0) is 25.1 Å². The van der Waals surface area contributed by atoms with Crippen molar-refractivity contribution >= 4 is 21.7 Å². The third-order valence-electron chi connectivity index (χ3n) is 2.24. The second-order valence-corrected chi connectivity index (χ2v) is 5.58. The number of hydrogen-bond acceptors (Lipinski definition) is 4. The maximum Gasteiger partial charge on any atom is 0.335 e. The van der Waals surface area contributed by atoms with Crippen molar-refractivity contribution in [2.75, 3.05) is 17.6 Å². The molecule has 0 aliphatic heterocycles. The zero-order valence-electron chi connectivity index (χ0n) is 10.1. The van der Waals surface area contributed by atoms with Crippen LogP contribution in [0.25, 0.3) is 0 Å². The highest BCUT2D eigenvalue weighted by atomic mass is 32.2. The molecule has 18 heavy (non-hydrogen) atoms. The number of rotatable bonds is 6. The summed E-state index contributed by atoms with van der Waals surface area (Å²) in [6.07, 6.45) is -0.440. The van der Waals surface area contributed by atoms with Gasteiger partial charge in [0.05, 0.1) is 17.4 Å². The van der Waals surface area contributed by atoms with Crippen molar-refractivity contribution in [1.29, 1.82) is 0 Å². The molecule has 1 rings (SSSR count). The minimum atomic E-state index is -3.56. The zero-order valence-corrected chi connectivity index (χ0v) is 10.9. The lowest BCUT2D eigenvalue weighted by molar-refractivity contribution is 0.0697. The van der Waals surface area contributed by atoms with E-state index < -0.39 is 22.1 Å². The Morgan fingerprint density at radius 3 is 2.72 bits per heavy atom. The number of benzene rings is 1. The van der Waals surface area contributed by atoms with Crippen LogP contribution in [0, 0.1) is 0 Å². The first-order chi connectivity index (χ1) is 8.34. The minimum absolute atomic E-state index is 0.0231. The monoisotopic (exact) mass is 273 g/mol. The van der Waals surface area contributed by atoms with Crippen LogP contribution in [0.15, 0.2) is 24.3 Å². The number of hydrogen-bond donors (Lipinski definition) is 2. The smallest absolute Gasteiger partial charge is 0.335 e.